The molecule has 2 fully saturated rings. The van der Waals surface area contributed by atoms with Gasteiger partial charge in [-0.2, -0.15) is 0 Å². The number of nitrogens with one attached hydrogen (secondary N) is 2. The number of benzene rings is 1. The second kappa shape index (κ2) is 8.38. The predicted octanol–water partition coefficient (Wildman–Crippen LogP) is -0.201. The quantitative estimate of drug-likeness (QED) is 0.398. The molecule has 0 spiro atoms. The van der Waals surface area contributed by atoms with Crippen LogP contribution in [-0.4, -0.2) is 61.5 Å². The summed E-state index contributed by atoms with van der Waals surface area (Å²) in [6, 6.07) is 8.09. The molecular formula is C20H28N4O4. The Hall–Kier alpha value is -2.29. The lowest BCUT2D eigenvalue weighted by Gasteiger charge is -2.21. The highest BCUT2D eigenvalue weighted by molar-refractivity contribution is 6.38. The fourth-order valence-corrected chi connectivity index (χ4v) is 3.30. The third-order valence-electron chi connectivity index (χ3n) is 5.36. The first-order chi connectivity index (χ1) is 13.3. The summed E-state index contributed by atoms with van der Waals surface area (Å²) in [7, 11) is 3.39. The molecule has 2 amide bonds. The van der Waals surface area contributed by atoms with Gasteiger partial charge in [0.15, 0.2) is 0 Å². The van der Waals surface area contributed by atoms with Crippen LogP contribution in [-0.2, 0) is 19.1 Å². The van der Waals surface area contributed by atoms with Crippen molar-refractivity contribution < 1.29 is 19.1 Å². The first-order valence-corrected chi connectivity index (χ1v) is 9.54. The number of Topliss-reactive ketones (excluding diaryl/α,β-unsaturated/α-hetero) is 1. The van der Waals surface area contributed by atoms with Gasteiger partial charge < -0.3 is 20.7 Å². The minimum Gasteiger partial charge on any atom is -0.351 e. The van der Waals surface area contributed by atoms with Gasteiger partial charge >= 0.3 is 0 Å². The smallest absolute Gasteiger partial charge is 0.289 e. The van der Waals surface area contributed by atoms with E-state index in [-0.39, 0.29) is 30.7 Å². The lowest BCUT2D eigenvalue weighted by molar-refractivity contribution is -0.139. The topological polar surface area (TPSA) is 117 Å². The third kappa shape index (κ3) is 4.76. The van der Waals surface area contributed by atoms with Gasteiger partial charge in [0.25, 0.3) is 5.91 Å². The maximum Gasteiger partial charge on any atom is 0.289 e. The van der Waals surface area contributed by atoms with E-state index < -0.39 is 23.8 Å². The van der Waals surface area contributed by atoms with Crippen LogP contribution >= 0.6 is 0 Å². The molecule has 1 aliphatic heterocycles. The number of amides is 2. The Morgan fingerprint density at radius 1 is 1.25 bits per heavy atom. The number of likely N-dealkylation sites (N-methyl/N-ethyl adjacent to an activating group) is 1. The molecule has 1 aliphatic carbocycles. The number of nitrogens with zero attached hydrogens (tertiary/aromatic N) is 1. The van der Waals surface area contributed by atoms with Crippen LogP contribution in [0.3, 0.4) is 0 Å². The maximum absolute atomic E-state index is 12.5. The Morgan fingerprint density at radius 2 is 1.89 bits per heavy atom. The number of ketones is 1. The van der Waals surface area contributed by atoms with E-state index in [1.54, 1.807) is 14.1 Å². The Kier molecular flexibility index (Phi) is 6.12. The summed E-state index contributed by atoms with van der Waals surface area (Å²) < 4.78 is 5.53. The number of hydrogen-bond acceptors (Lipinski definition) is 6. The number of carbonyl (C=O) groups excluding carboxylic acids is 3. The van der Waals surface area contributed by atoms with Crippen molar-refractivity contribution >= 4 is 17.6 Å². The largest absolute Gasteiger partial charge is 0.351 e. The lowest BCUT2D eigenvalue weighted by atomic mass is 10.1. The monoisotopic (exact) mass is 388 g/mol. The molecule has 6 unspecified atom stereocenters. The zero-order valence-corrected chi connectivity index (χ0v) is 16.4. The van der Waals surface area contributed by atoms with Crippen LogP contribution in [0.2, 0.25) is 0 Å². The Morgan fingerprint density at radius 3 is 2.46 bits per heavy atom. The first-order valence-electron chi connectivity index (χ1n) is 9.54. The number of carbonyl (C=O) groups is 3. The van der Waals surface area contributed by atoms with E-state index in [0.29, 0.717) is 5.92 Å². The average Bonchev–Trinajstić information content (AvgIpc) is 3.60. The van der Waals surface area contributed by atoms with Gasteiger partial charge in [-0.3, -0.25) is 19.7 Å². The number of epoxide rings is 1. The molecule has 1 saturated heterocycles. The summed E-state index contributed by atoms with van der Waals surface area (Å²) in [5, 5.41) is 5.76. The average molecular weight is 388 g/mol. The first kappa shape index (κ1) is 20.4. The molecule has 3 rings (SSSR count). The van der Waals surface area contributed by atoms with Crippen LogP contribution in [0, 0.1) is 11.8 Å². The van der Waals surface area contributed by atoms with E-state index in [2.05, 4.69) is 10.6 Å². The fourth-order valence-electron chi connectivity index (χ4n) is 3.30. The second-order valence-electron chi connectivity index (χ2n) is 7.82. The van der Waals surface area contributed by atoms with Crippen LogP contribution in [0.25, 0.3) is 0 Å². The van der Waals surface area contributed by atoms with Crippen molar-refractivity contribution in [1.29, 1.82) is 0 Å². The Balaban J connectivity index is 1.49. The summed E-state index contributed by atoms with van der Waals surface area (Å²) >= 11 is 0. The molecule has 1 aromatic rings. The van der Waals surface area contributed by atoms with Gasteiger partial charge in [-0.1, -0.05) is 37.3 Å². The highest BCUT2D eigenvalue weighted by Gasteiger charge is 2.44. The number of ether oxygens (including phenoxy) is 1. The summed E-state index contributed by atoms with van der Waals surface area (Å²) in [6.45, 7) is 2.20. The molecule has 0 aromatic heterocycles. The minimum absolute atomic E-state index is 0.0933. The van der Waals surface area contributed by atoms with Gasteiger partial charge in [0, 0.05) is 20.6 Å². The minimum atomic E-state index is -0.732. The van der Waals surface area contributed by atoms with Gasteiger partial charge in [-0.15, -0.1) is 0 Å². The number of nitrogens with two attached hydrogens (primary N) is 1. The van der Waals surface area contributed by atoms with Crippen molar-refractivity contribution in [2.75, 3.05) is 20.6 Å². The standard InChI is InChI=1S/C20H28N4O4/c1-11-9-13(11)15(21)17(25)18(26)22-10-14-19(28-14)23-16(20(27)24(2)3)12-7-5-4-6-8-12/h4-8,11,13-16,19,23H,9-10,21H2,1-3H3,(H,22,26). The van der Waals surface area contributed by atoms with Gasteiger partial charge in [0.2, 0.25) is 11.7 Å². The molecule has 0 bridgehead atoms. The molecule has 1 saturated carbocycles. The molecule has 152 valence electrons. The van der Waals surface area contributed by atoms with Gasteiger partial charge in [-0.05, 0) is 23.8 Å². The molecule has 0 radical (unpaired) electrons. The predicted molar refractivity (Wildman–Crippen MR) is 103 cm³/mol. The molecule has 28 heavy (non-hydrogen) atoms. The summed E-state index contributed by atoms with van der Waals surface area (Å²) in [6.07, 6.45) is 0.217. The van der Waals surface area contributed by atoms with Crippen LogP contribution in [0.4, 0.5) is 0 Å². The van der Waals surface area contributed by atoms with Crippen molar-refractivity contribution in [3.05, 3.63) is 35.9 Å². The molecule has 1 heterocycles. The summed E-state index contributed by atoms with van der Waals surface area (Å²) in [4.78, 5) is 38.1. The van der Waals surface area contributed by atoms with E-state index in [0.717, 1.165) is 12.0 Å². The molecule has 6 atom stereocenters. The zero-order valence-electron chi connectivity index (χ0n) is 16.4. The van der Waals surface area contributed by atoms with Crippen molar-refractivity contribution in [1.82, 2.24) is 15.5 Å². The molecule has 8 nitrogen and oxygen atoms in total. The molecule has 2 aliphatic rings. The van der Waals surface area contributed by atoms with Crippen molar-refractivity contribution in [3.63, 3.8) is 0 Å². The van der Waals surface area contributed by atoms with Gasteiger partial charge in [-0.25, -0.2) is 0 Å². The van der Waals surface area contributed by atoms with Gasteiger partial charge in [0.05, 0.1) is 6.04 Å². The third-order valence-corrected chi connectivity index (χ3v) is 5.36. The maximum atomic E-state index is 12.5. The number of rotatable bonds is 9. The molecule has 1 aromatic carbocycles. The Bertz CT molecular complexity index is 739. The van der Waals surface area contributed by atoms with E-state index in [4.69, 9.17) is 10.5 Å². The zero-order chi connectivity index (χ0) is 20.4. The number of hydrogen-bond donors (Lipinski definition) is 3. The SMILES string of the molecule is CC1CC1C(N)C(=O)C(=O)NCC1OC1NC(C(=O)N(C)C)c1ccccc1. The van der Waals surface area contributed by atoms with E-state index in [1.807, 2.05) is 37.3 Å². The van der Waals surface area contributed by atoms with E-state index in [9.17, 15) is 14.4 Å². The van der Waals surface area contributed by atoms with E-state index in [1.165, 1.54) is 4.90 Å². The highest BCUT2D eigenvalue weighted by atomic mass is 16.6. The summed E-state index contributed by atoms with van der Waals surface area (Å²) in [5.74, 6) is -0.844. The van der Waals surface area contributed by atoms with Crippen molar-refractivity contribution in [2.24, 2.45) is 17.6 Å². The molecule has 4 N–H and O–H groups in total. The normalized spacial score (nSPS) is 27.4. The van der Waals surface area contributed by atoms with Crippen LogP contribution < -0.4 is 16.4 Å². The highest BCUT2D eigenvalue weighted by Crippen LogP contribution is 2.40. The van der Waals surface area contributed by atoms with Gasteiger partial charge in [0.1, 0.15) is 18.4 Å². The Labute approximate surface area is 164 Å². The van der Waals surface area contributed by atoms with Crippen molar-refractivity contribution in [2.45, 2.75) is 37.8 Å². The van der Waals surface area contributed by atoms with Crippen LogP contribution in [0.1, 0.15) is 24.9 Å². The lowest BCUT2D eigenvalue weighted by Crippen LogP contribution is -2.45. The second-order valence-corrected chi connectivity index (χ2v) is 7.82. The van der Waals surface area contributed by atoms with Crippen molar-refractivity contribution in [3.8, 4) is 0 Å². The van der Waals surface area contributed by atoms with E-state index >= 15 is 0 Å². The van der Waals surface area contributed by atoms with Crippen LogP contribution in [0.5, 0.6) is 0 Å². The van der Waals surface area contributed by atoms with Crippen LogP contribution in [0.15, 0.2) is 30.3 Å². The summed E-state index contributed by atoms with van der Waals surface area (Å²) in [5.41, 5.74) is 6.69. The molecular weight excluding hydrogens is 360 g/mol. The molecule has 8 heteroatoms. The fraction of sp³-hybridized carbons (Fsp3) is 0.550.